The molecule has 0 saturated heterocycles. The van der Waals surface area contributed by atoms with Crippen molar-refractivity contribution >= 4 is 11.3 Å². The number of hydrogen-bond donors (Lipinski definition) is 1. The normalized spacial score (nSPS) is 11.2. The van der Waals surface area contributed by atoms with Crippen LogP contribution >= 0.6 is 11.3 Å². The molecule has 1 aromatic carbocycles. The molecular formula is C17H25N3S. The van der Waals surface area contributed by atoms with Crippen LogP contribution in [0, 0.1) is 0 Å². The van der Waals surface area contributed by atoms with E-state index in [4.69, 9.17) is 4.98 Å². The third kappa shape index (κ3) is 4.92. The summed E-state index contributed by atoms with van der Waals surface area (Å²) in [6.45, 7) is 5.21. The molecule has 1 aromatic heterocycles. The zero-order valence-corrected chi connectivity index (χ0v) is 14.0. The van der Waals surface area contributed by atoms with Gasteiger partial charge in [-0.25, -0.2) is 4.98 Å². The number of aromatic nitrogens is 1. The Balaban J connectivity index is 2.19. The summed E-state index contributed by atoms with van der Waals surface area (Å²) in [4.78, 5) is 8.44. The van der Waals surface area contributed by atoms with E-state index in [2.05, 4.69) is 61.6 Å². The Hall–Kier alpha value is -1.23. The summed E-state index contributed by atoms with van der Waals surface area (Å²) in [6, 6.07) is 10.5. The molecule has 1 heterocycles. The molecule has 3 nitrogen and oxygen atoms in total. The fraction of sp³-hybridized carbons (Fsp3) is 0.471. The van der Waals surface area contributed by atoms with Crippen LogP contribution in [0.4, 0.5) is 0 Å². The maximum Gasteiger partial charge on any atom is 0.0948 e. The lowest BCUT2D eigenvalue weighted by Crippen LogP contribution is -2.14. The Kier molecular flexibility index (Phi) is 6.36. The Bertz CT molecular complexity index is 534. The highest BCUT2D eigenvalue weighted by Crippen LogP contribution is 2.28. The molecule has 4 heteroatoms. The second-order valence-corrected chi connectivity index (χ2v) is 6.64. The summed E-state index contributed by atoms with van der Waals surface area (Å²) in [5.41, 5.74) is 2.37. The maximum absolute atomic E-state index is 4.88. The lowest BCUT2D eigenvalue weighted by atomic mass is 10.1. The topological polar surface area (TPSA) is 28.2 Å². The van der Waals surface area contributed by atoms with Crippen LogP contribution < -0.4 is 5.32 Å². The summed E-state index contributed by atoms with van der Waals surface area (Å²) in [6.07, 6.45) is 2.18. The molecule has 0 spiro atoms. The molecule has 21 heavy (non-hydrogen) atoms. The SMILES string of the molecule is CCCNCc1sc(CCN(C)C)nc1-c1ccccc1. The van der Waals surface area contributed by atoms with Crippen LogP contribution in [-0.4, -0.2) is 37.1 Å². The second kappa shape index (κ2) is 8.27. The van der Waals surface area contributed by atoms with Gasteiger partial charge >= 0.3 is 0 Å². The third-order valence-electron chi connectivity index (χ3n) is 3.27. The molecule has 0 aliphatic carbocycles. The molecule has 2 rings (SSSR count). The molecule has 0 fully saturated rings. The predicted molar refractivity (Wildman–Crippen MR) is 91.8 cm³/mol. The minimum atomic E-state index is 0.914. The van der Waals surface area contributed by atoms with E-state index in [0.717, 1.165) is 38.2 Å². The van der Waals surface area contributed by atoms with Gasteiger partial charge in [0.25, 0.3) is 0 Å². The average Bonchev–Trinajstić information content (AvgIpc) is 2.90. The molecule has 114 valence electrons. The molecule has 0 saturated carbocycles. The van der Waals surface area contributed by atoms with E-state index in [-0.39, 0.29) is 0 Å². The lowest BCUT2D eigenvalue weighted by Gasteiger charge is -2.06. The smallest absolute Gasteiger partial charge is 0.0948 e. The van der Waals surface area contributed by atoms with Crippen LogP contribution in [0.1, 0.15) is 23.2 Å². The van der Waals surface area contributed by atoms with Gasteiger partial charge in [0.05, 0.1) is 10.7 Å². The first kappa shape index (κ1) is 16.1. The fourth-order valence-electron chi connectivity index (χ4n) is 2.15. The van der Waals surface area contributed by atoms with Crippen LogP contribution in [0.25, 0.3) is 11.3 Å². The molecule has 2 aromatic rings. The summed E-state index contributed by atoms with van der Waals surface area (Å²) in [5, 5.41) is 4.73. The van der Waals surface area contributed by atoms with E-state index in [1.165, 1.54) is 15.4 Å². The number of benzene rings is 1. The Morgan fingerprint density at radius 3 is 2.62 bits per heavy atom. The summed E-state index contributed by atoms with van der Waals surface area (Å²) in [5.74, 6) is 0. The number of thiazole rings is 1. The highest BCUT2D eigenvalue weighted by molar-refractivity contribution is 7.12. The van der Waals surface area contributed by atoms with Gasteiger partial charge in [0.2, 0.25) is 0 Å². The molecule has 0 atom stereocenters. The molecule has 0 bridgehead atoms. The van der Waals surface area contributed by atoms with Crippen molar-refractivity contribution in [3.8, 4) is 11.3 Å². The quantitative estimate of drug-likeness (QED) is 0.758. The Morgan fingerprint density at radius 1 is 1.19 bits per heavy atom. The number of rotatable bonds is 8. The lowest BCUT2D eigenvalue weighted by molar-refractivity contribution is 0.413. The van der Waals surface area contributed by atoms with Crippen molar-refractivity contribution < 1.29 is 0 Å². The molecular weight excluding hydrogens is 278 g/mol. The minimum Gasteiger partial charge on any atom is -0.312 e. The van der Waals surface area contributed by atoms with Gasteiger partial charge in [-0.15, -0.1) is 11.3 Å². The van der Waals surface area contributed by atoms with E-state index in [1.54, 1.807) is 0 Å². The van der Waals surface area contributed by atoms with Gasteiger partial charge in [0.15, 0.2) is 0 Å². The van der Waals surface area contributed by atoms with E-state index >= 15 is 0 Å². The van der Waals surface area contributed by atoms with Crippen LogP contribution in [0.3, 0.4) is 0 Å². The van der Waals surface area contributed by atoms with Crippen molar-refractivity contribution in [1.29, 1.82) is 0 Å². The molecule has 0 aliphatic heterocycles. The second-order valence-electron chi connectivity index (χ2n) is 5.48. The zero-order valence-electron chi connectivity index (χ0n) is 13.2. The first-order valence-electron chi connectivity index (χ1n) is 7.60. The van der Waals surface area contributed by atoms with E-state index < -0.39 is 0 Å². The van der Waals surface area contributed by atoms with Gasteiger partial charge in [-0.3, -0.25) is 0 Å². The number of nitrogens with one attached hydrogen (secondary N) is 1. The van der Waals surface area contributed by atoms with Gasteiger partial charge in [0, 0.05) is 30.0 Å². The van der Waals surface area contributed by atoms with Crippen LogP contribution in [0.2, 0.25) is 0 Å². The van der Waals surface area contributed by atoms with Gasteiger partial charge in [-0.2, -0.15) is 0 Å². The highest BCUT2D eigenvalue weighted by Gasteiger charge is 2.12. The zero-order chi connectivity index (χ0) is 15.1. The van der Waals surface area contributed by atoms with Gasteiger partial charge in [-0.05, 0) is 27.1 Å². The largest absolute Gasteiger partial charge is 0.312 e. The summed E-state index contributed by atoms with van der Waals surface area (Å²) < 4.78 is 0. The predicted octanol–water partition coefficient (Wildman–Crippen LogP) is 3.41. The van der Waals surface area contributed by atoms with Crippen LogP contribution in [0.15, 0.2) is 30.3 Å². The molecule has 0 amide bonds. The van der Waals surface area contributed by atoms with Crippen molar-refractivity contribution in [3.05, 3.63) is 40.2 Å². The van der Waals surface area contributed by atoms with Crippen LogP contribution in [0.5, 0.6) is 0 Å². The maximum atomic E-state index is 4.88. The van der Waals surface area contributed by atoms with Crippen molar-refractivity contribution in [2.45, 2.75) is 26.3 Å². The van der Waals surface area contributed by atoms with Gasteiger partial charge in [-0.1, -0.05) is 37.3 Å². The number of nitrogens with zero attached hydrogens (tertiary/aromatic N) is 2. The Labute approximate surface area is 132 Å². The summed E-state index contributed by atoms with van der Waals surface area (Å²) >= 11 is 1.85. The first-order chi connectivity index (χ1) is 10.2. The summed E-state index contributed by atoms with van der Waals surface area (Å²) in [7, 11) is 4.21. The van der Waals surface area contributed by atoms with E-state index in [0.29, 0.717) is 0 Å². The van der Waals surface area contributed by atoms with E-state index in [1.807, 2.05) is 11.3 Å². The third-order valence-corrected chi connectivity index (χ3v) is 4.39. The molecule has 1 N–H and O–H groups in total. The van der Waals surface area contributed by atoms with Crippen molar-refractivity contribution in [3.63, 3.8) is 0 Å². The highest BCUT2D eigenvalue weighted by atomic mass is 32.1. The monoisotopic (exact) mass is 303 g/mol. The van der Waals surface area contributed by atoms with Crippen molar-refractivity contribution in [2.75, 3.05) is 27.2 Å². The minimum absolute atomic E-state index is 0.914. The van der Waals surface area contributed by atoms with Gasteiger partial charge < -0.3 is 10.2 Å². The number of likely N-dealkylation sites (N-methyl/N-ethyl adjacent to an activating group) is 1. The van der Waals surface area contributed by atoms with Crippen molar-refractivity contribution in [1.82, 2.24) is 15.2 Å². The molecule has 0 aliphatic rings. The number of hydrogen-bond acceptors (Lipinski definition) is 4. The van der Waals surface area contributed by atoms with Crippen LogP contribution in [-0.2, 0) is 13.0 Å². The molecule has 0 radical (unpaired) electrons. The fourth-order valence-corrected chi connectivity index (χ4v) is 3.20. The van der Waals surface area contributed by atoms with E-state index in [9.17, 15) is 0 Å². The standard InChI is InChI=1S/C17H25N3S/c1-4-11-18-13-15-17(14-8-6-5-7-9-14)19-16(21-15)10-12-20(2)3/h5-9,18H,4,10-13H2,1-3H3. The molecule has 0 unspecified atom stereocenters. The average molecular weight is 303 g/mol. The van der Waals surface area contributed by atoms with Crippen molar-refractivity contribution in [2.24, 2.45) is 0 Å². The van der Waals surface area contributed by atoms with Gasteiger partial charge in [0.1, 0.15) is 0 Å². The Morgan fingerprint density at radius 2 is 1.95 bits per heavy atom. The first-order valence-corrected chi connectivity index (χ1v) is 8.41.